The van der Waals surface area contributed by atoms with Crippen molar-refractivity contribution in [3.63, 3.8) is 0 Å². The summed E-state index contributed by atoms with van der Waals surface area (Å²) in [6.07, 6.45) is 1.41. The molecule has 0 unspecified atom stereocenters. The Morgan fingerprint density at radius 2 is 1.82 bits per heavy atom. The highest BCUT2D eigenvalue weighted by Crippen LogP contribution is 2.23. The van der Waals surface area contributed by atoms with Crippen molar-refractivity contribution in [2.24, 2.45) is 5.92 Å². The molecule has 0 spiro atoms. The van der Waals surface area contributed by atoms with Crippen molar-refractivity contribution < 1.29 is 14.0 Å². The Labute approximate surface area is 166 Å². The topological polar surface area (TPSA) is 67.6 Å². The monoisotopic (exact) mass is 395 g/mol. The van der Waals surface area contributed by atoms with Crippen LogP contribution < -0.4 is 5.63 Å². The van der Waals surface area contributed by atoms with E-state index in [-0.39, 0.29) is 23.8 Å². The lowest BCUT2D eigenvalue weighted by Crippen LogP contribution is -2.43. The van der Waals surface area contributed by atoms with E-state index >= 15 is 0 Å². The number of hydrogen-bond donors (Lipinski definition) is 0. The van der Waals surface area contributed by atoms with E-state index in [9.17, 15) is 14.4 Å². The number of fused-ring (bicyclic) bond motifs is 1. The predicted molar refractivity (Wildman–Crippen MR) is 107 cm³/mol. The molecule has 4 rings (SSSR count). The molecule has 1 saturated heterocycles. The van der Waals surface area contributed by atoms with Gasteiger partial charge >= 0.3 is 5.63 Å². The van der Waals surface area contributed by atoms with Crippen LogP contribution >= 0.6 is 11.6 Å². The Kier molecular flexibility index (Phi) is 5.01. The van der Waals surface area contributed by atoms with Crippen LogP contribution in [0.5, 0.6) is 0 Å². The molecule has 1 atom stereocenters. The second-order valence-corrected chi connectivity index (χ2v) is 7.38. The van der Waals surface area contributed by atoms with Gasteiger partial charge in [0, 0.05) is 35.0 Å². The molecule has 0 N–H and O–H groups in total. The number of nitrogens with zero attached hydrogens (tertiary/aromatic N) is 1. The van der Waals surface area contributed by atoms with Gasteiger partial charge in [-0.25, -0.2) is 4.79 Å². The van der Waals surface area contributed by atoms with E-state index in [1.807, 2.05) is 6.07 Å². The number of carbonyl (C=O) groups excluding carboxylic acids is 2. The highest BCUT2D eigenvalue weighted by atomic mass is 35.5. The fourth-order valence-corrected chi connectivity index (χ4v) is 3.73. The van der Waals surface area contributed by atoms with Crippen LogP contribution in [0.15, 0.2) is 63.8 Å². The number of rotatable bonds is 3. The van der Waals surface area contributed by atoms with Gasteiger partial charge in [0.1, 0.15) is 11.1 Å². The number of piperidine rings is 1. The Hall–Kier alpha value is -2.92. The van der Waals surface area contributed by atoms with Crippen LogP contribution in [0.25, 0.3) is 11.0 Å². The van der Waals surface area contributed by atoms with Crippen molar-refractivity contribution in [3.8, 4) is 0 Å². The minimum atomic E-state index is -0.658. The molecule has 142 valence electrons. The molecule has 1 aliphatic heterocycles. The van der Waals surface area contributed by atoms with E-state index in [4.69, 9.17) is 16.0 Å². The summed E-state index contributed by atoms with van der Waals surface area (Å²) in [5.74, 6) is -0.709. The van der Waals surface area contributed by atoms with E-state index in [0.29, 0.717) is 40.9 Å². The van der Waals surface area contributed by atoms with Crippen molar-refractivity contribution in [1.82, 2.24) is 4.90 Å². The van der Waals surface area contributed by atoms with Gasteiger partial charge in [0.05, 0.1) is 0 Å². The zero-order valence-electron chi connectivity index (χ0n) is 15.1. The van der Waals surface area contributed by atoms with Crippen LogP contribution in [-0.2, 0) is 0 Å². The average molecular weight is 396 g/mol. The average Bonchev–Trinajstić information content (AvgIpc) is 2.73. The quantitative estimate of drug-likeness (QED) is 0.492. The molecule has 28 heavy (non-hydrogen) atoms. The number of benzene rings is 2. The number of Topliss-reactive ketones (excluding diaryl/α,β-unsaturated/α-hetero) is 1. The maximum Gasteiger partial charge on any atom is 0.349 e. The summed E-state index contributed by atoms with van der Waals surface area (Å²) in [5, 5.41) is 1.26. The van der Waals surface area contributed by atoms with E-state index < -0.39 is 11.5 Å². The summed E-state index contributed by atoms with van der Waals surface area (Å²) in [4.78, 5) is 39.6. The first-order valence-electron chi connectivity index (χ1n) is 9.15. The Morgan fingerprint density at radius 3 is 2.61 bits per heavy atom. The zero-order chi connectivity index (χ0) is 19.7. The third kappa shape index (κ3) is 3.58. The third-order valence-corrected chi connectivity index (χ3v) is 5.33. The Bertz CT molecular complexity index is 1100. The molecular formula is C22H18ClNO4. The van der Waals surface area contributed by atoms with Crippen LogP contribution in [-0.4, -0.2) is 29.7 Å². The predicted octanol–water partition coefficient (Wildman–Crippen LogP) is 4.18. The first-order valence-corrected chi connectivity index (χ1v) is 9.52. The van der Waals surface area contributed by atoms with Crippen LogP contribution in [0.4, 0.5) is 0 Å². The maximum atomic E-state index is 13.0. The van der Waals surface area contributed by atoms with Gasteiger partial charge in [0.2, 0.25) is 0 Å². The van der Waals surface area contributed by atoms with Crippen LogP contribution in [0, 0.1) is 5.92 Å². The van der Waals surface area contributed by atoms with Gasteiger partial charge in [-0.05, 0) is 49.2 Å². The number of ketones is 1. The van der Waals surface area contributed by atoms with Crippen molar-refractivity contribution in [3.05, 3.63) is 81.2 Å². The lowest BCUT2D eigenvalue weighted by molar-refractivity contribution is 0.0634. The van der Waals surface area contributed by atoms with Crippen LogP contribution in [0.1, 0.15) is 33.6 Å². The Balaban J connectivity index is 1.57. The number of para-hydroxylation sites is 1. The molecule has 1 aromatic heterocycles. The number of hydrogen-bond acceptors (Lipinski definition) is 4. The first-order chi connectivity index (χ1) is 13.5. The van der Waals surface area contributed by atoms with Gasteiger partial charge in [-0.1, -0.05) is 29.8 Å². The van der Waals surface area contributed by atoms with Crippen molar-refractivity contribution >= 4 is 34.3 Å². The highest BCUT2D eigenvalue weighted by Gasteiger charge is 2.30. The molecular weight excluding hydrogens is 378 g/mol. The number of halogens is 1. The van der Waals surface area contributed by atoms with Crippen LogP contribution in [0.3, 0.4) is 0 Å². The summed E-state index contributed by atoms with van der Waals surface area (Å²) in [6, 6.07) is 15.4. The minimum absolute atomic E-state index is 0.00158. The Morgan fingerprint density at radius 1 is 1.07 bits per heavy atom. The van der Waals surface area contributed by atoms with Crippen LogP contribution in [0.2, 0.25) is 5.02 Å². The van der Waals surface area contributed by atoms with E-state index in [1.165, 1.54) is 0 Å². The van der Waals surface area contributed by atoms with E-state index in [1.54, 1.807) is 53.4 Å². The fraction of sp³-hybridized carbons (Fsp3) is 0.227. The first kappa shape index (κ1) is 18.4. The molecule has 6 heteroatoms. The standard InChI is InChI=1S/C22H18ClNO4/c23-17-9-7-14(8-10-17)20(25)16-5-3-11-24(13-16)21(26)18-12-15-4-1-2-6-19(15)28-22(18)27/h1-2,4,6-10,12,16H,3,5,11,13H2/t16-/m0/s1. The van der Waals surface area contributed by atoms with Gasteiger partial charge in [0.15, 0.2) is 5.78 Å². The molecule has 2 aromatic carbocycles. The third-order valence-electron chi connectivity index (χ3n) is 5.08. The van der Waals surface area contributed by atoms with Gasteiger partial charge in [-0.3, -0.25) is 9.59 Å². The fourth-order valence-electron chi connectivity index (χ4n) is 3.61. The van der Waals surface area contributed by atoms with Gasteiger partial charge in [-0.15, -0.1) is 0 Å². The molecule has 0 aliphatic carbocycles. The molecule has 1 amide bonds. The van der Waals surface area contributed by atoms with E-state index in [0.717, 1.165) is 0 Å². The second kappa shape index (κ2) is 7.60. The second-order valence-electron chi connectivity index (χ2n) is 6.95. The zero-order valence-corrected chi connectivity index (χ0v) is 15.8. The summed E-state index contributed by atoms with van der Waals surface area (Å²) >= 11 is 5.89. The molecule has 0 bridgehead atoms. The normalized spacial score (nSPS) is 16.9. The summed E-state index contributed by atoms with van der Waals surface area (Å²) in [7, 11) is 0. The lowest BCUT2D eigenvalue weighted by Gasteiger charge is -2.32. The molecule has 1 aliphatic rings. The van der Waals surface area contributed by atoms with Crippen molar-refractivity contribution in [2.45, 2.75) is 12.8 Å². The van der Waals surface area contributed by atoms with Crippen molar-refractivity contribution in [1.29, 1.82) is 0 Å². The summed E-state index contributed by atoms with van der Waals surface area (Å²) in [5.41, 5.74) is 0.362. The summed E-state index contributed by atoms with van der Waals surface area (Å²) in [6.45, 7) is 0.794. The SMILES string of the molecule is O=C(c1ccc(Cl)cc1)[C@H]1CCCN(C(=O)c2cc3ccccc3oc2=O)C1. The van der Waals surface area contributed by atoms with Crippen molar-refractivity contribution in [2.75, 3.05) is 13.1 Å². The molecule has 2 heterocycles. The minimum Gasteiger partial charge on any atom is -0.422 e. The number of amides is 1. The molecule has 3 aromatic rings. The van der Waals surface area contributed by atoms with Gasteiger partial charge in [-0.2, -0.15) is 0 Å². The number of carbonyl (C=O) groups is 2. The lowest BCUT2D eigenvalue weighted by atomic mass is 9.89. The molecule has 5 nitrogen and oxygen atoms in total. The molecule has 0 saturated carbocycles. The van der Waals surface area contributed by atoms with E-state index in [2.05, 4.69) is 0 Å². The molecule has 0 radical (unpaired) electrons. The molecule has 1 fully saturated rings. The highest BCUT2D eigenvalue weighted by molar-refractivity contribution is 6.30. The summed E-state index contributed by atoms with van der Waals surface area (Å²) < 4.78 is 5.28. The largest absolute Gasteiger partial charge is 0.422 e. The number of likely N-dealkylation sites (tertiary alicyclic amines) is 1. The smallest absolute Gasteiger partial charge is 0.349 e. The van der Waals surface area contributed by atoms with Gasteiger partial charge < -0.3 is 9.32 Å². The van der Waals surface area contributed by atoms with Gasteiger partial charge in [0.25, 0.3) is 5.91 Å². The maximum absolute atomic E-state index is 13.0.